The van der Waals surface area contributed by atoms with Gasteiger partial charge >= 0.3 is 0 Å². The first-order valence-electron chi connectivity index (χ1n) is 9.21. The number of guanidine groups is 1. The van der Waals surface area contributed by atoms with Crippen molar-refractivity contribution in [1.29, 1.82) is 0 Å². The standard InChI is InChI=1S/C20H26N4O2S.HI/c21-20(22-9-8-17-7-4-14-27-17)23-15-18(16-5-2-1-3-6-16)19(25)24-10-12-26-13-11-24;/h1-7,14,18H,8-13,15H2,(H3,21,22,23);1H. The summed E-state index contributed by atoms with van der Waals surface area (Å²) >= 11 is 1.73. The zero-order chi connectivity index (χ0) is 18.9. The van der Waals surface area contributed by atoms with E-state index in [1.807, 2.05) is 41.3 Å². The first kappa shape index (κ1) is 22.6. The average molecular weight is 514 g/mol. The minimum atomic E-state index is -0.332. The molecule has 8 heteroatoms. The monoisotopic (exact) mass is 514 g/mol. The second-order valence-electron chi connectivity index (χ2n) is 6.38. The fraction of sp³-hybridized carbons (Fsp3) is 0.400. The number of halogens is 1. The van der Waals surface area contributed by atoms with E-state index in [9.17, 15) is 4.79 Å². The van der Waals surface area contributed by atoms with Crippen molar-refractivity contribution in [2.45, 2.75) is 12.3 Å². The van der Waals surface area contributed by atoms with Crippen molar-refractivity contribution in [3.05, 3.63) is 58.3 Å². The molecule has 6 nitrogen and oxygen atoms in total. The number of thiophene rings is 1. The number of carbonyl (C=O) groups excluding carboxylic acids is 1. The zero-order valence-electron chi connectivity index (χ0n) is 15.8. The number of nitrogens with one attached hydrogen (secondary N) is 1. The molecule has 3 rings (SSSR count). The summed E-state index contributed by atoms with van der Waals surface area (Å²) in [5, 5.41) is 5.20. The number of benzene rings is 1. The second kappa shape index (κ2) is 12.0. The third-order valence-corrected chi connectivity index (χ3v) is 5.46. The van der Waals surface area contributed by atoms with Crippen molar-refractivity contribution in [3.8, 4) is 0 Å². The Bertz CT molecular complexity index is 734. The van der Waals surface area contributed by atoms with Gasteiger partial charge in [-0.05, 0) is 23.4 Å². The summed E-state index contributed by atoms with van der Waals surface area (Å²) in [5.74, 6) is 0.129. The molecule has 2 heterocycles. The van der Waals surface area contributed by atoms with Crippen LogP contribution >= 0.6 is 35.3 Å². The van der Waals surface area contributed by atoms with Crippen LogP contribution in [0.25, 0.3) is 0 Å². The topological polar surface area (TPSA) is 80.0 Å². The molecule has 1 aromatic carbocycles. The molecule has 28 heavy (non-hydrogen) atoms. The molecule has 1 aromatic heterocycles. The molecule has 152 valence electrons. The highest BCUT2D eigenvalue weighted by molar-refractivity contribution is 14.0. The lowest BCUT2D eigenvalue weighted by Gasteiger charge is -2.30. The molecule has 2 aromatic rings. The van der Waals surface area contributed by atoms with E-state index in [0.29, 0.717) is 38.8 Å². The lowest BCUT2D eigenvalue weighted by molar-refractivity contribution is -0.136. The van der Waals surface area contributed by atoms with Crippen LogP contribution in [-0.2, 0) is 16.0 Å². The number of nitrogens with zero attached hydrogens (tertiary/aromatic N) is 2. The van der Waals surface area contributed by atoms with Gasteiger partial charge in [-0.1, -0.05) is 36.4 Å². The molecule has 1 aliphatic heterocycles. The highest BCUT2D eigenvalue weighted by atomic mass is 127. The van der Waals surface area contributed by atoms with Crippen molar-refractivity contribution in [2.75, 3.05) is 39.4 Å². The Balaban J connectivity index is 0.00000280. The number of hydrogen-bond acceptors (Lipinski definition) is 4. The van der Waals surface area contributed by atoms with Crippen LogP contribution in [0.3, 0.4) is 0 Å². The quantitative estimate of drug-likeness (QED) is 0.338. The van der Waals surface area contributed by atoms with Crippen LogP contribution < -0.4 is 11.1 Å². The Morgan fingerprint density at radius 2 is 1.96 bits per heavy atom. The number of rotatable bonds is 7. The summed E-state index contributed by atoms with van der Waals surface area (Å²) in [6.07, 6.45) is 0.905. The highest BCUT2D eigenvalue weighted by Crippen LogP contribution is 2.20. The van der Waals surface area contributed by atoms with Crippen molar-refractivity contribution in [1.82, 2.24) is 10.2 Å². The van der Waals surface area contributed by atoms with E-state index >= 15 is 0 Å². The van der Waals surface area contributed by atoms with Crippen molar-refractivity contribution >= 4 is 47.2 Å². The summed E-state index contributed by atoms with van der Waals surface area (Å²) in [7, 11) is 0. The predicted molar refractivity (Wildman–Crippen MR) is 125 cm³/mol. The van der Waals surface area contributed by atoms with Gasteiger partial charge in [0.05, 0.1) is 25.7 Å². The average Bonchev–Trinajstić information content (AvgIpc) is 3.23. The van der Waals surface area contributed by atoms with E-state index in [0.717, 1.165) is 18.5 Å². The molecule has 1 unspecified atom stereocenters. The normalized spacial score (nSPS) is 15.6. The van der Waals surface area contributed by atoms with Gasteiger partial charge in [0.1, 0.15) is 0 Å². The van der Waals surface area contributed by atoms with Gasteiger partial charge in [0.15, 0.2) is 5.96 Å². The molecule has 1 fully saturated rings. The van der Waals surface area contributed by atoms with Gasteiger partial charge in [-0.2, -0.15) is 0 Å². The number of amides is 1. The van der Waals surface area contributed by atoms with E-state index in [4.69, 9.17) is 10.5 Å². The molecule has 0 spiro atoms. The van der Waals surface area contributed by atoms with Crippen molar-refractivity contribution in [3.63, 3.8) is 0 Å². The molecule has 0 radical (unpaired) electrons. The summed E-state index contributed by atoms with van der Waals surface area (Å²) in [5.41, 5.74) is 6.98. The van der Waals surface area contributed by atoms with Crippen LogP contribution in [0.5, 0.6) is 0 Å². The Kier molecular flexibility index (Phi) is 9.72. The van der Waals surface area contributed by atoms with Gasteiger partial charge in [-0.15, -0.1) is 35.3 Å². The van der Waals surface area contributed by atoms with Crippen LogP contribution in [0.15, 0.2) is 52.8 Å². The summed E-state index contributed by atoms with van der Waals surface area (Å²) in [6.45, 7) is 3.48. The highest BCUT2D eigenvalue weighted by Gasteiger charge is 2.27. The molecule has 0 bridgehead atoms. The summed E-state index contributed by atoms with van der Waals surface area (Å²) in [4.78, 5) is 20.6. The van der Waals surface area contributed by atoms with Gasteiger partial charge in [-0.3, -0.25) is 9.79 Å². The first-order valence-corrected chi connectivity index (χ1v) is 10.1. The largest absolute Gasteiger partial charge is 0.378 e. The number of carbonyl (C=O) groups is 1. The smallest absolute Gasteiger partial charge is 0.232 e. The molecule has 0 saturated carbocycles. The second-order valence-corrected chi connectivity index (χ2v) is 7.42. The number of ether oxygens (including phenoxy) is 1. The number of morpholine rings is 1. The van der Waals surface area contributed by atoms with E-state index in [1.54, 1.807) is 11.3 Å². The maximum absolute atomic E-state index is 13.0. The lowest BCUT2D eigenvalue weighted by atomic mass is 9.97. The molecular weight excluding hydrogens is 487 g/mol. The third kappa shape index (κ3) is 6.75. The van der Waals surface area contributed by atoms with Gasteiger partial charge < -0.3 is 20.7 Å². The number of nitrogens with two attached hydrogens (primary N) is 1. The molecule has 3 N–H and O–H groups in total. The van der Waals surface area contributed by atoms with Crippen LogP contribution in [0.1, 0.15) is 16.4 Å². The van der Waals surface area contributed by atoms with E-state index in [-0.39, 0.29) is 35.8 Å². The van der Waals surface area contributed by atoms with Gasteiger partial charge in [0, 0.05) is 24.5 Å². The van der Waals surface area contributed by atoms with E-state index < -0.39 is 0 Å². The fourth-order valence-electron chi connectivity index (χ4n) is 3.03. The Morgan fingerprint density at radius 1 is 1.21 bits per heavy atom. The SMILES string of the molecule is I.NC(=NCC(C(=O)N1CCOCC1)c1ccccc1)NCCc1cccs1. The molecule has 1 atom stereocenters. The maximum atomic E-state index is 13.0. The Hall–Kier alpha value is -1.65. The zero-order valence-corrected chi connectivity index (χ0v) is 18.9. The minimum Gasteiger partial charge on any atom is -0.378 e. The molecular formula is C20H27IN4O2S. The van der Waals surface area contributed by atoms with E-state index in [1.165, 1.54) is 4.88 Å². The Morgan fingerprint density at radius 3 is 2.64 bits per heavy atom. The molecule has 0 aliphatic carbocycles. The van der Waals surface area contributed by atoms with Gasteiger partial charge in [0.2, 0.25) is 5.91 Å². The van der Waals surface area contributed by atoms with Crippen LogP contribution in [0.2, 0.25) is 0 Å². The first-order chi connectivity index (χ1) is 13.2. The number of aliphatic imine (C=N–C) groups is 1. The number of hydrogen-bond donors (Lipinski definition) is 2. The third-order valence-electron chi connectivity index (χ3n) is 4.52. The van der Waals surface area contributed by atoms with Crippen LogP contribution in [0.4, 0.5) is 0 Å². The molecule has 1 amide bonds. The van der Waals surface area contributed by atoms with Gasteiger partial charge in [0.25, 0.3) is 0 Å². The lowest BCUT2D eigenvalue weighted by Crippen LogP contribution is -2.44. The summed E-state index contributed by atoms with van der Waals surface area (Å²) < 4.78 is 5.36. The Labute approximate surface area is 187 Å². The van der Waals surface area contributed by atoms with Crippen LogP contribution in [-0.4, -0.2) is 56.2 Å². The maximum Gasteiger partial charge on any atom is 0.232 e. The van der Waals surface area contributed by atoms with Crippen molar-refractivity contribution < 1.29 is 9.53 Å². The molecule has 1 aliphatic rings. The summed E-state index contributed by atoms with van der Waals surface area (Å²) in [6, 6.07) is 13.9. The van der Waals surface area contributed by atoms with E-state index in [2.05, 4.69) is 21.8 Å². The molecule has 1 saturated heterocycles. The van der Waals surface area contributed by atoms with Crippen molar-refractivity contribution in [2.24, 2.45) is 10.7 Å². The predicted octanol–water partition coefficient (Wildman–Crippen LogP) is 2.46. The van der Waals surface area contributed by atoms with Gasteiger partial charge in [-0.25, -0.2) is 0 Å². The van der Waals surface area contributed by atoms with Crippen LogP contribution in [0, 0.1) is 0 Å². The minimum absolute atomic E-state index is 0. The fourth-order valence-corrected chi connectivity index (χ4v) is 3.74.